The Morgan fingerprint density at radius 2 is 1.70 bits per heavy atom. The molecule has 2 amide bonds. The van der Waals surface area contributed by atoms with Gasteiger partial charge in [-0.15, -0.1) is 0 Å². The molecule has 1 aliphatic heterocycles. The molecule has 0 aliphatic carbocycles. The van der Waals surface area contributed by atoms with Gasteiger partial charge in [0, 0.05) is 0 Å². The summed E-state index contributed by atoms with van der Waals surface area (Å²) in [6.45, 7) is 2.37. The van der Waals surface area contributed by atoms with Crippen LogP contribution in [-0.2, 0) is 17.9 Å². The number of rotatable bonds is 6. The van der Waals surface area contributed by atoms with E-state index in [0.29, 0.717) is 33.5 Å². The Morgan fingerprint density at radius 3 is 2.36 bits per heavy atom. The Labute approximate surface area is 204 Å². The number of benzene rings is 3. The van der Waals surface area contributed by atoms with Crippen LogP contribution in [0.2, 0.25) is 10.0 Å². The van der Waals surface area contributed by atoms with Gasteiger partial charge in [-0.1, -0.05) is 65.2 Å². The van der Waals surface area contributed by atoms with Crippen molar-refractivity contribution in [2.75, 3.05) is 0 Å². The van der Waals surface area contributed by atoms with Crippen LogP contribution in [-0.4, -0.2) is 16.0 Å². The van der Waals surface area contributed by atoms with Crippen molar-refractivity contribution in [2.24, 2.45) is 0 Å². The molecule has 0 saturated carbocycles. The molecule has 1 heterocycles. The second-order valence-corrected chi connectivity index (χ2v) is 9.29. The molecule has 0 radical (unpaired) electrons. The summed E-state index contributed by atoms with van der Waals surface area (Å²) < 4.78 is 18.9. The number of hydrogen-bond acceptors (Lipinski definition) is 4. The van der Waals surface area contributed by atoms with Crippen molar-refractivity contribution in [2.45, 2.75) is 20.1 Å². The Morgan fingerprint density at radius 1 is 1.00 bits per heavy atom. The number of nitrogens with zero attached hydrogens (tertiary/aromatic N) is 1. The van der Waals surface area contributed by atoms with Crippen LogP contribution in [0.25, 0.3) is 6.08 Å². The Balaban J connectivity index is 1.49. The SMILES string of the molecule is Cc1cccc(COc2c(Cl)cc(/C=C3\SC(=O)N(Cc4ccc(F)cc4)C3=O)cc2Cl)c1. The lowest BCUT2D eigenvalue weighted by atomic mass is 10.1. The fourth-order valence-corrected chi connectivity index (χ4v) is 4.77. The average molecular weight is 502 g/mol. The third-order valence-corrected chi connectivity index (χ3v) is 6.38. The molecule has 4 nitrogen and oxygen atoms in total. The van der Waals surface area contributed by atoms with Crippen molar-refractivity contribution in [3.05, 3.63) is 104 Å². The lowest BCUT2D eigenvalue weighted by Gasteiger charge is -2.12. The van der Waals surface area contributed by atoms with Gasteiger partial charge in [0.15, 0.2) is 5.75 Å². The second kappa shape index (κ2) is 10.00. The van der Waals surface area contributed by atoms with E-state index in [1.165, 1.54) is 24.3 Å². The van der Waals surface area contributed by atoms with E-state index in [2.05, 4.69) is 0 Å². The van der Waals surface area contributed by atoms with E-state index in [0.717, 1.165) is 27.8 Å². The first-order valence-electron chi connectivity index (χ1n) is 9.97. The third-order valence-electron chi connectivity index (χ3n) is 4.91. The van der Waals surface area contributed by atoms with E-state index in [4.69, 9.17) is 27.9 Å². The average Bonchev–Trinajstić information content (AvgIpc) is 3.02. The Kier molecular flexibility index (Phi) is 7.08. The smallest absolute Gasteiger partial charge is 0.293 e. The van der Waals surface area contributed by atoms with E-state index in [1.807, 2.05) is 31.2 Å². The fourth-order valence-electron chi connectivity index (χ4n) is 3.32. The predicted octanol–water partition coefficient (Wildman–Crippen LogP) is 7.26. The van der Waals surface area contributed by atoms with Crippen LogP contribution in [0, 0.1) is 12.7 Å². The summed E-state index contributed by atoms with van der Waals surface area (Å²) in [5, 5.41) is 0.199. The number of ether oxygens (including phenoxy) is 1. The normalized spacial score (nSPS) is 14.9. The molecule has 0 N–H and O–H groups in total. The predicted molar refractivity (Wildman–Crippen MR) is 130 cm³/mol. The first kappa shape index (κ1) is 23.4. The molecule has 1 aliphatic rings. The molecule has 4 rings (SSSR count). The van der Waals surface area contributed by atoms with Gasteiger partial charge in [-0.05, 0) is 65.7 Å². The maximum atomic E-state index is 13.1. The molecule has 3 aromatic rings. The quantitative estimate of drug-likeness (QED) is 0.333. The summed E-state index contributed by atoms with van der Waals surface area (Å²) in [6.07, 6.45) is 1.57. The number of carbonyl (C=O) groups excluding carboxylic acids is 2. The molecule has 33 heavy (non-hydrogen) atoms. The third kappa shape index (κ3) is 5.58. The highest BCUT2D eigenvalue weighted by Gasteiger charge is 2.35. The highest BCUT2D eigenvalue weighted by atomic mass is 35.5. The zero-order valence-corrected chi connectivity index (χ0v) is 19.8. The lowest BCUT2D eigenvalue weighted by molar-refractivity contribution is -0.123. The van der Waals surface area contributed by atoms with Gasteiger partial charge in [-0.25, -0.2) is 4.39 Å². The van der Waals surface area contributed by atoms with E-state index in [1.54, 1.807) is 18.2 Å². The largest absolute Gasteiger partial charge is 0.486 e. The Bertz CT molecular complexity index is 1240. The van der Waals surface area contributed by atoms with Gasteiger partial charge < -0.3 is 4.74 Å². The van der Waals surface area contributed by atoms with Gasteiger partial charge in [0.25, 0.3) is 11.1 Å². The molecule has 0 bridgehead atoms. The van der Waals surface area contributed by atoms with Crippen molar-refractivity contribution < 1.29 is 18.7 Å². The number of imide groups is 1. The van der Waals surface area contributed by atoms with E-state index in [9.17, 15) is 14.0 Å². The number of carbonyl (C=O) groups is 2. The molecular formula is C25H18Cl2FNO3S. The molecule has 0 spiro atoms. The second-order valence-electron chi connectivity index (χ2n) is 7.49. The molecule has 0 aromatic heterocycles. The van der Waals surface area contributed by atoms with Gasteiger partial charge in [-0.3, -0.25) is 14.5 Å². The van der Waals surface area contributed by atoms with Gasteiger partial charge in [0.05, 0.1) is 21.5 Å². The number of amides is 2. The van der Waals surface area contributed by atoms with Crippen molar-refractivity contribution in [1.82, 2.24) is 4.90 Å². The highest BCUT2D eigenvalue weighted by molar-refractivity contribution is 8.18. The summed E-state index contributed by atoms with van der Waals surface area (Å²) in [7, 11) is 0. The molecule has 0 atom stereocenters. The van der Waals surface area contributed by atoms with Crippen molar-refractivity contribution in [3.8, 4) is 5.75 Å². The fraction of sp³-hybridized carbons (Fsp3) is 0.120. The van der Waals surface area contributed by atoms with Crippen molar-refractivity contribution >= 4 is 52.2 Å². The van der Waals surface area contributed by atoms with Gasteiger partial charge in [0.1, 0.15) is 12.4 Å². The molecular weight excluding hydrogens is 484 g/mol. The summed E-state index contributed by atoms with van der Waals surface area (Å²) in [5.74, 6) is -0.462. The highest BCUT2D eigenvalue weighted by Crippen LogP contribution is 2.38. The summed E-state index contributed by atoms with van der Waals surface area (Å²) in [6, 6.07) is 16.8. The van der Waals surface area contributed by atoms with Crippen LogP contribution < -0.4 is 4.74 Å². The number of thioether (sulfide) groups is 1. The number of halogens is 3. The minimum Gasteiger partial charge on any atom is -0.486 e. The van der Waals surface area contributed by atoms with Crippen molar-refractivity contribution in [1.29, 1.82) is 0 Å². The van der Waals surface area contributed by atoms with Crippen LogP contribution in [0.3, 0.4) is 0 Å². The van der Waals surface area contributed by atoms with Crippen LogP contribution in [0.4, 0.5) is 9.18 Å². The minimum absolute atomic E-state index is 0.0650. The minimum atomic E-state index is -0.429. The monoisotopic (exact) mass is 501 g/mol. The Hall–Kier alpha value is -2.80. The summed E-state index contributed by atoms with van der Waals surface area (Å²) in [4.78, 5) is 26.5. The topological polar surface area (TPSA) is 46.6 Å². The zero-order valence-electron chi connectivity index (χ0n) is 17.5. The standard InChI is InChI=1S/C25H18Cl2FNO3S/c1-15-3-2-4-17(9-15)14-32-23-20(26)10-18(11-21(23)27)12-22-24(30)29(25(31)33-22)13-16-5-7-19(28)8-6-16/h2-12H,13-14H2,1H3/b22-12-. The van der Waals surface area contributed by atoms with Crippen LogP contribution in [0.5, 0.6) is 5.75 Å². The maximum absolute atomic E-state index is 13.1. The molecule has 0 unspecified atom stereocenters. The molecule has 3 aromatic carbocycles. The van der Waals surface area contributed by atoms with Gasteiger partial charge >= 0.3 is 0 Å². The van der Waals surface area contributed by atoms with Gasteiger partial charge in [-0.2, -0.15) is 0 Å². The molecule has 168 valence electrons. The summed E-state index contributed by atoms with van der Waals surface area (Å²) in [5.41, 5.74) is 3.33. The van der Waals surface area contributed by atoms with Crippen molar-refractivity contribution in [3.63, 3.8) is 0 Å². The van der Waals surface area contributed by atoms with E-state index >= 15 is 0 Å². The lowest BCUT2D eigenvalue weighted by Crippen LogP contribution is -2.27. The molecule has 1 fully saturated rings. The number of hydrogen-bond donors (Lipinski definition) is 0. The van der Waals surface area contributed by atoms with Gasteiger partial charge in [0.2, 0.25) is 0 Å². The van der Waals surface area contributed by atoms with Crippen LogP contribution in [0.15, 0.2) is 65.6 Å². The first-order valence-corrected chi connectivity index (χ1v) is 11.5. The summed E-state index contributed by atoms with van der Waals surface area (Å²) >= 11 is 13.6. The molecule has 8 heteroatoms. The maximum Gasteiger partial charge on any atom is 0.293 e. The van der Waals surface area contributed by atoms with Crippen LogP contribution in [0.1, 0.15) is 22.3 Å². The van der Waals surface area contributed by atoms with E-state index in [-0.39, 0.29) is 17.3 Å². The van der Waals surface area contributed by atoms with E-state index < -0.39 is 11.1 Å². The number of aryl methyl sites for hydroxylation is 1. The first-order chi connectivity index (χ1) is 15.8. The van der Waals surface area contributed by atoms with Crippen LogP contribution >= 0.6 is 35.0 Å². The molecule has 1 saturated heterocycles. The zero-order chi connectivity index (χ0) is 23.5.